The van der Waals surface area contributed by atoms with Crippen LogP contribution in [0.4, 0.5) is 5.69 Å². The summed E-state index contributed by atoms with van der Waals surface area (Å²) in [7, 11) is 0. The maximum Gasteiger partial charge on any atom is 0.248 e. The summed E-state index contributed by atoms with van der Waals surface area (Å²) in [6.45, 7) is 4.03. The summed E-state index contributed by atoms with van der Waals surface area (Å²) in [5.41, 5.74) is 1.71. The van der Waals surface area contributed by atoms with Gasteiger partial charge in [0.25, 0.3) is 0 Å². The first kappa shape index (κ1) is 15.0. The van der Waals surface area contributed by atoms with Crippen LogP contribution in [0.25, 0.3) is 10.2 Å². The maximum atomic E-state index is 12.7. The molecule has 2 aliphatic rings. The Morgan fingerprint density at radius 3 is 3.13 bits per heavy atom. The second-order valence-electron chi connectivity index (χ2n) is 6.17. The summed E-state index contributed by atoms with van der Waals surface area (Å²) < 4.78 is 1.06. The Hall–Kier alpha value is -1.60. The van der Waals surface area contributed by atoms with Crippen molar-refractivity contribution in [2.75, 3.05) is 11.1 Å². The Morgan fingerprint density at radius 1 is 1.48 bits per heavy atom. The number of rotatable bonds is 2. The quantitative estimate of drug-likeness (QED) is 0.907. The average Bonchev–Trinajstić information content (AvgIpc) is 3.12. The third-order valence-corrected chi connectivity index (χ3v) is 6.95. The lowest BCUT2D eigenvalue weighted by Crippen LogP contribution is -2.48. The molecule has 0 spiro atoms. The fourth-order valence-corrected chi connectivity index (χ4v) is 5.66. The summed E-state index contributed by atoms with van der Waals surface area (Å²) in [6, 6.07) is 5.36. The normalized spacial score (nSPS) is 26.8. The lowest BCUT2D eigenvalue weighted by molar-refractivity contribution is -0.135. The van der Waals surface area contributed by atoms with Gasteiger partial charge in [-0.1, -0.05) is 0 Å². The van der Waals surface area contributed by atoms with Crippen molar-refractivity contribution < 1.29 is 9.59 Å². The van der Waals surface area contributed by atoms with E-state index in [1.807, 2.05) is 25.1 Å². The van der Waals surface area contributed by atoms with Gasteiger partial charge in [0.05, 0.1) is 20.1 Å². The fraction of sp³-hybridized carbons (Fsp3) is 0.438. The largest absolute Gasteiger partial charge is 0.324 e. The van der Waals surface area contributed by atoms with Gasteiger partial charge in [-0.15, -0.1) is 23.1 Å². The van der Waals surface area contributed by atoms with Gasteiger partial charge in [0.1, 0.15) is 6.04 Å². The van der Waals surface area contributed by atoms with Crippen LogP contribution in [0.2, 0.25) is 0 Å². The lowest BCUT2D eigenvalue weighted by Gasteiger charge is -2.29. The second kappa shape index (κ2) is 5.21. The van der Waals surface area contributed by atoms with Gasteiger partial charge in [-0.2, -0.15) is 0 Å². The third-order valence-electron chi connectivity index (χ3n) is 4.51. The van der Waals surface area contributed by atoms with Gasteiger partial charge in [0.15, 0.2) is 0 Å². The van der Waals surface area contributed by atoms with Crippen LogP contribution in [0.1, 0.15) is 24.8 Å². The second-order valence-corrected chi connectivity index (χ2v) is 8.91. The predicted octanol–water partition coefficient (Wildman–Crippen LogP) is 3.00. The molecule has 5 nitrogen and oxygen atoms in total. The molecule has 120 valence electrons. The van der Waals surface area contributed by atoms with E-state index in [0.29, 0.717) is 12.2 Å². The number of carbonyl (C=O) groups is 2. The number of nitrogens with zero attached hydrogens (tertiary/aromatic N) is 2. The molecular weight excluding hydrogens is 330 g/mol. The van der Waals surface area contributed by atoms with Crippen molar-refractivity contribution in [2.45, 2.75) is 37.6 Å². The van der Waals surface area contributed by atoms with Crippen molar-refractivity contribution in [3.63, 3.8) is 0 Å². The van der Waals surface area contributed by atoms with Crippen LogP contribution >= 0.6 is 23.1 Å². The average molecular weight is 347 g/mol. The number of benzene rings is 1. The number of hydrogen-bond donors (Lipinski definition) is 1. The molecule has 1 aromatic carbocycles. The number of thioether (sulfide) groups is 1. The van der Waals surface area contributed by atoms with Gasteiger partial charge in [-0.25, -0.2) is 4.98 Å². The van der Waals surface area contributed by atoms with Crippen LogP contribution in [-0.4, -0.2) is 38.4 Å². The highest BCUT2D eigenvalue weighted by Gasteiger charge is 2.52. The van der Waals surface area contributed by atoms with Gasteiger partial charge in [-0.05, 0) is 38.5 Å². The molecule has 23 heavy (non-hydrogen) atoms. The molecule has 2 aliphatic heterocycles. The van der Waals surface area contributed by atoms with Crippen LogP contribution in [0, 0.1) is 6.92 Å². The highest BCUT2D eigenvalue weighted by Crippen LogP contribution is 2.47. The molecule has 3 heterocycles. The summed E-state index contributed by atoms with van der Waals surface area (Å²) in [6.07, 6.45) is 1.37. The van der Waals surface area contributed by atoms with E-state index >= 15 is 0 Å². The SMILES string of the molecule is Cc1nc2ccc(NC(=O)[C@H]3CS[C@@]4(C)CCC(=O)N34)cc2s1. The van der Waals surface area contributed by atoms with Gasteiger partial charge >= 0.3 is 0 Å². The molecule has 0 aliphatic carbocycles. The van der Waals surface area contributed by atoms with Crippen molar-refractivity contribution in [3.8, 4) is 0 Å². The number of hydrogen-bond acceptors (Lipinski definition) is 5. The molecule has 1 aromatic heterocycles. The Balaban J connectivity index is 1.56. The number of aryl methyl sites for hydroxylation is 1. The Kier molecular flexibility index (Phi) is 3.39. The fourth-order valence-electron chi connectivity index (χ4n) is 3.36. The summed E-state index contributed by atoms with van der Waals surface area (Å²) in [4.78, 5) is 30.8. The molecule has 0 radical (unpaired) electrons. The van der Waals surface area contributed by atoms with Crippen LogP contribution in [-0.2, 0) is 9.59 Å². The van der Waals surface area contributed by atoms with Crippen molar-refractivity contribution in [1.29, 1.82) is 0 Å². The number of thiazole rings is 1. The molecule has 0 unspecified atom stereocenters. The number of fused-ring (bicyclic) bond motifs is 2. The molecular formula is C16H17N3O2S2. The van der Waals surface area contributed by atoms with Crippen molar-refractivity contribution in [2.24, 2.45) is 0 Å². The zero-order valence-electron chi connectivity index (χ0n) is 13.0. The van der Waals surface area contributed by atoms with E-state index < -0.39 is 0 Å². The van der Waals surface area contributed by atoms with E-state index in [2.05, 4.69) is 17.2 Å². The maximum absolute atomic E-state index is 12.7. The topological polar surface area (TPSA) is 62.3 Å². The van der Waals surface area contributed by atoms with Crippen LogP contribution in [0.5, 0.6) is 0 Å². The molecule has 2 saturated heterocycles. The molecule has 0 saturated carbocycles. The third kappa shape index (κ3) is 2.42. The van der Waals surface area contributed by atoms with Gasteiger partial charge in [0, 0.05) is 17.9 Å². The molecule has 2 amide bonds. The van der Waals surface area contributed by atoms with Crippen molar-refractivity contribution >= 4 is 50.8 Å². The number of anilines is 1. The van der Waals surface area contributed by atoms with Crippen LogP contribution < -0.4 is 5.32 Å². The highest BCUT2D eigenvalue weighted by atomic mass is 32.2. The Bertz CT molecular complexity index is 819. The first-order chi connectivity index (χ1) is 11.0. The number of aromatic nitrogens is 1. The first-order valence-electron chi connectivity index (χ1n) is 7.60. The predicted molar refractivity (Wildman–Crippen MR) is 93.7 cm³/mol. The van der Waals surface area contributed by atoms with E-state index in [4.69, 9.17) is 0 Å². The first-order valence-corrected chi connectivity index (χ1v) is 9.41. The highest BCUT2D eigenvalue weighted by molar-refractivity contribution is 8.01. The number of amides is 2. The molecule has 4 rings (SSSR count). The van der Waals surface area contributed by atoms with E-state index in [0.717, 1.165) is 27.3 Å². The van der Waals surface area contributed by atoms with Gasteiger partial charge in [-0.3, -0.25) is 9.59 Å². The molecule has 2 aromatic rings. The zero-order chi connectivity index (χ0) is 16.2. The molecule has 2 atom stereocenters. The summed E-state index contributed by atoms with van der Waals surface area (Å²) >= 11 is 3.32. The Morgan fingerprint density at radius 2 is 2.30 bits per heavy atom. The summed E-state index contributed by atoms with van der Waals surface area (Å²) in [5, 5.41) is 3.98. The van der Waals surface area contributed by atoms with Gasteiger partial charge in [0.2, 0.25) is 11.8 Å². The smallest absolute Gasteiger partial charge is 0.248 e. The molecule has 7 heteroatoms. The molecule has 2 fully saturated rings. The number of carbonyl (C=O) groups excluding carboxylic acids is 2. The van der Waals surface area contributed by atoms with E-state index in [-0.39, 0.29) is 22.7 Å². The summed E-state index contributed by atoms with van der Waals surface area (Å²) in [5.74, 6) is 0.652. The molecule has 1 N–H and O–H groups in total. The van der Waals surface area contributed by atoms with Crippen LogP contribution in [0.15, 0.2) is 18.2 Å². The number of nitrogens with one attached hydrogen (secondary N) is 1. The van der Waals surface area contributed by atoms with Crippen molar-refractivity contribution in [3.05, 3.63) is 23.2 Å². The van der Waals surface area contributed by atoms with E-state index in [1.54, 1.807) is 28.0 Å². The zero-order valence-corrected chi connectivity index (χ0v) is 14.6. The minimum atomic E-state index is -0.376. The minimum absolute atomic E-state index is 0.0891. The van der Waals surface area contributed by atoms with Gasteiger partial charge < -0.3 is 10.2 Å². The molecule has 0 bridgehead atoms. The van der Waals surface area contributed by atoms with Crippen LogP contribution in [0.3, 0.4) is 0 Å². The van der Waals surface area contributed by atoms with E-state index in [9.17, 15) is 9.59 Å². The standard InChI is InChI=1S/C16H17N3O2S2/c1-9-17-11-4-3-10(7-13(11)23-9)18-15(21)12-8-22-16(2)6-5-14(20)19(12)16/h3-4,7,12H,5-6,8H2,1-2H3,(H,18,21)/t12-,16+/m1/s1. The minimum Gasteiger partial charge on any atom is -0.324 e. The lowest BCUT2D eigenvalue weighted by atomic mass is 10.2. The Labute approximate surface area is 142 Å². The van der Waals surface area contributed by atoms with E-state index in [1.165, 1.54) is 0 Å². The monoisotopic (exact) mass is 347 g/mol. The van der Waals surface area contributed by atoms with Crippen molar-refractivity contribution in [1.82, 2.24) is 9.88 Å².